The summed E-state index contributed by atoms with van der Waals surface area (Å²) < 4.78 is 18.2. The number of rotatable bonds is 3. The zero-order valence-electron chi connectivity index (χ0n) is 8.00. The van der Waals surface area contributed by atoms with E-state index >= 15 is 0 Å². The minimum absolute atomic E-state index is 0.177. The van der Waals surface area contributed by atoms with Gasteiger partial charge in [0.1, 0.15) is 5.82 Å². The van der Waals surface area contributed by atoms with Gasteiger partial charge in [-0.25, -0.2) is 4.39 Å². The van der Waals surface area contributed by atoms with Gasteiger partial charge in [-0.05, 0) is 12.1 Å². The molecule has 1 amide bonds. The van der Waals surface area contributed by atoms with E-state index in [0.717, 1.165) is 0 Å². The first-order chi connectivity index (χ1) is 7.14. The van der Waals surface area contributed by atoms with Crippen molar-refractivity contribution < 1.29 is 13.9 Å². The number of primary amides is 1. The Kier molecular flexibility index (Phi) is 2.32. The van der Waals surface area contributed by atoms with Crippen LogP contribution in [0.3, 0.4) is 0 Å². The van der Waals surface area contributed by atoms with E-state index in [0.29, 0.717) is 0 Å². The molecule has 1 saturated heterocycles. The van der Waals surface area contributed by atoms with Crippen molar-refractivity contribution in [2.24, 2.45) is 5.73 Å². The predicted octanol–water partition coefficient (Wildman–Crippen LogP) is 0.492. The molecule has 1 aromatic rings. The maximum absolute atomic E-state index is 13.3. The standard InChI is InChI=1S/C10H11FN2O2/c11-7-3-1-2-4-8(7)13-10(9(12)14)5-15-6-10/h1-4,13H,5-6H2,(H2,12,14). The zero-order valence-corrected chi connectivity index (χ0v) is 8.00. The lowest BCUT2D eigenvalue weighted by Crippen LogP contribution is -2.64. The average molecular weight is 210 g/mol. The van der Waals surface area contributed by atoms with Gasteiger partial charge >= 0.3 is 0 Å². The van der Waals surface area contributed by atoms with Gasteiger partial charge < -0.3 is 15.8 Å². The summed E-state index contributed by atoms with van der Waals surface area (Å²) in [6, 6.07) is 6.13. The van der Waals surface area contributed by atoms with E-state index in [1.54, 1.807) is 18.2 Å². The van der Waals surface area contributed by atoms with Gasteiger partial charge in [-0.1, -0.05) is 12.1 Å². The lowest BCUT2D eigenvalue weighted by Gasteiger charge is -2.39. The highest BCUT2D eigenvalue weighted by molar-refractivity contribution is 5.89. The maximum atomic E-state index is 13.3. The monoisotopic (exact) mass is 210 g/mol. The fourth-order valence-electron chi connectivity index (χ4n) is 1.40. The second-order valence-electron chi connectivity index (χ2n) is 3.54. The summed E-state index contributed by atoms with van der Waals surface area (Å²) in [5, 5.41) is 2.79. The van der Waals surface area contributed by atoms with Crippen molar-refractivity contribution in [3.8, 4) is 0 Å². The van der Waals surface area contributed by atoms with Crippen molar-refractivity contribution in [3.63, 3.8) is 0 Å². The summed E-state index contributed by atoms with van der Waals surface area (Å²) in [6.45, 7) is 0.354. The molecular weight excluding hydrogens is 199 g/mol. The molecule has 0 radical (unpaired) electrons. The van der Waals surface area contributed by atoms with Crippen molar-refractivity contribution in [3.05, 3.63) is 30.1 Å². The van der Waals surface area contributed by atoms with Gasteiger partial charge in [0.2, 0.25) is 5.91 Å². The number of amides is 1. The van der Waals surface area contributed by atoms with E-state index in [-0.39, 0.29) is 18.9 Å². The van der Waals surface area contributed by atoms with Crippen LogP contribution >= 0.6 is 0 Å². The van der Waals surface area contributed by atoms with Gasteiger partial charge in [0.05, 0.1) is 18.9 Å². The molecule has 0 atom stereocenters. The normalized spacial score (nSPS) is 17.9. The van der Waals surface area contributed by atoms with Crippen molar-refractivity contribution in [1.29, 1.82) is 0 Å². The summed E-state index contributed by atoms with van der Waals surface area (Å²) in [7, 11) is 0. The summed E-state index contributed by atoms with van der Waals surface area (Å²) in [6.07, 6.45) is 0. The molecule has 0 bridgehead atoms. The molecule has 2 rings (SSSR count). The summed E-state index contributed by atoms with van der Waals surface area (Å²) >= 11 is 0. The van der Waals surface area contributed by atoms with Gasteiger partial charge in [-0.3, -0.25) is 4.79 Å². The van der Waals surface area contributed by atoms with Gasteiger partial charge in [-0.2, -0.15) is 0 Å². The van der Waals surface area contributed by atoms with Gasteiger partial charge in [0.15, 0.2) is 5.54 Å². The van der Waals surface area contributed by atoms with Crippen LogP contribution in [0.15, 0.2) is 24.3 Å². The number of halogens is 1. The summed E-state index contributed by atoms with van der Waals surface area (Å²) in [4.78, 5) is 11.2. The third-order valence-corrected chi connectivity index (χ3v) is 2.42. The fourth-order valence-corrected chi connectivity index (χ4v) is 1.40. The third kappa shape index (κ3) is 1.66. The molecule has 1 aromatic carbocycles. The van der Waals surface area contributed by atoms with Crippen LogP contribution in [0.5, 0.6) is 0 Å². The Bertz CT molecular complexity index is 391. The maximum Gasteiger partial charge on any atom is 0.247 e. The van der Waals surface area contributed by atoms with E-state index in [1.165, 1.54) is 6.07 Å². The van der Waals surface area contributed by atoms with Gasteiger partial charge in [-0.15, -0.1) is 0 Å². The first kappa shape index (κ1) is 9.92. The Morgan fingerprint density at radius 3 is 2.60 bits per heavy atom. The topological polar surface area (TPSA) is 64.4 Å². The molecule has 15 heavy (non-hydrogen) atoms. The summed E-state index contributed by atoms with van der Waals surface area (Å²) in [5.74, 6) is -0.943. The second-order valence-corrected chi connectivity index (χ2v) is 3.54. The molecule has 5 heteroatoms. The first-order valence-electron chi connectivity index (χ1n) is 4.54. The third-order valence-electron chi connectivity index (χ3n) is 2.42. The van der Waals surface area contributed by atoms with E-state index in [4.69, 9.17) is 10.5 Å². The predicted molar refractivity (Wildman–Crippen MR) is 52.8 cm³/mol. The zero-order chi connectivity index (χ0) is 10.9. The molecule has 4 nitrogen and oxygen atoms in total. The van der Waals surface area contributed by atoms with Crippen molar-refractivity contribution in [2.75, 3.05) is 18.5 Å². The highest BCUT2D eigenvalue weighted by Gasteiger charge is 2.44. The Morgan fingerprint density at radius 1 is 1.47 bits per heavy atom. The van der Waals surface area contributed by atoms with Crippen LogP contribution in [0.1, 0.15) is 0 Å². The smallest absolute Gasteiger partial charge is 0.247 e. The van der Waals surface area contributed by atoms with E-state index < -0.39 is 17.3 Å². The Hall–Kier alpha value is -1.62. The molecule has 1 fully saturated rings. The minimum atomic E-state index is -0.956. The molecule has 80 valence electrons. The molecular formula is C10H11FN2O2. The number of carbonyl (C=O) groups excluding carboxylic acids is 1. The fraction of sp³-hybridized carbons (Fsp3) is 0.300. The quantitative estimate of drug-likeness (QED) is 0.763. The number of hydrogen-bond donors (Lipinski definition) is 2. The number of anilines is 1. The Morgan fingerprint density at radius 2 is 2.13 bits per heavy atom. The number of benzene rings is 1. The molecule has 1 heterocycles. The van der Waals surface area contributed by atoms with E-state index in [1.807, 2.05) is 0 Å². The number of para-hydroxylation sites is 1. The van der Waals surface area contributed by atoms with Gasteiger partial charge in [0, 0.05) is 0 Å². The van der Waals surface area contributed by atoms with E-state index in [9.17, 15) is 9.18 Å². The van der Waals surface area contributed by atoms with Crippen LogP contribution in [0.2, 0.25) is 0 Å². The molecule has 3 N–H and O–H groups in total. The minimum Gasteiger partial charge on any atom is -0.375 e. The molecule has 1 aliphatic rings. The highest BCUT2D eigenvalue weighted by atomic mass is 19.1. The number of hydrogen-bond acceptors (Lipinski definition) is 3. The SMILES string of the molecule is NC(=O)C1(Nc2ccccc2F)COC1. The van der Waals surface area contributed by atoms with Crippen LogP contribution in [0, 0.1) is 5.82 Å². The molecule has 0 saturated carbocycles. The highest BCUT2D eigenvalue weighted by Crippen LogP contribution is 2.24. The molecule has 0 aliphatic carbocycles. The number of nitrogens with two attached hydrogens (primary N) is 1. The molecule has 0 unspecified atom stereocenters. The Labute approximate surface area is 86.2 Å². The first-order valence-corrected chi connectivity index (χ1v) is 4.54. The summed E-state index contributed by atoms with van der Waals surface area (Å²) in [5.41, 5.74) is 4.53. The van der Waals surface area contributed by atoms with Crippen LogP contribution in [-0.4, -0.2) is 24.7 Å². The number of nitrogens with one attached hydrogen (secondary N) is 1. The van der Waals surface area contributed by atoms with Crippen LogP contribution in [0.25, 0.3) is 0 Å². The van der Waals surface area contributed by atoms with Crippen molar-refractivity contribution in [2.45, 2.75) is 5.54 Å². The lowest BCUT2D eigenvalue weighted by molar-refractivity contribution is -0.137. The Balaban J connectivity index is 2.21. The average Bonchev–Trinajstić information content (AvgIpc) is 2.13. The van der Waals surface area contributed by atoms with Crippen LogP contribution < -0.4 is 11.1 Å². The van der Waals surface area contributed by atoms with Crippen molar-refractivity contribution >= 4 is 11.6 Å². The number of carbonyl (C=O) groups is 1. The van der Waals surface area contributed by atoms with Crippen LogP contribution in [-0.2, 0) is 9.53 Å². The molecule has 0 spiro atoms. The molecule has 1 aliphatic heterocycles. The van der Waals surface area contributed by atoms with E-state index in [2.05, 4.69) is 5.32 Å². The lowest BCUT2D eigenvalue weighted by atomic mass is 9.96. The molecule has 0 aromatic heterocycles. The largest absolute Gasteiger partial charge is 0.375 e. The van der Waals surface area contributed by atoms with Crippen LogP contribution in [0.4, 0.5) is 10.1 Å². The number of ether oxygens (including phenoxy) is 1. The second kappa shape index (κ2) is 3.51. The van der Waals surface area contributed by atoms with Crippen molar-refractivity contribution in [1.82, 2.24) is 0 Å². The van der Waals surface area contributed by atoms with Gasteiger partial charge in [0.25, 0.3) is 0 Å².